The molecule has 2 aromatic carbocycles. The van der Waals surface area contributed by atoms with E-state index >= 15 is 0 Å². The van der Waals surface area contributed by atoms with E-state index < -0.39 is 0 Å². The van der Waals surface area contributed by atoms with Crippen LogP contribution in [0, 0.1) is 0 Å². The van der Waals surface area contributed by atoms with Gasteiger partial charge in [-0.15, -0.1) is 0 Å². The quantitative estimate of drug-likeness (QED) is 0.538. The molecule has 4 rings (SSSR count). The summed E-state index contributed by atoms with van der Waals surface area (Å²) in [7, 11) is 3.69. The second-order valence-electron chi connectivity index (χ2n) is 5.09. The summed E-state index contributed by atoms with van der Waals surface area (Å²) in [5.74, 6) is 0.513. The lowest BCUT2D eigenvalue weighted by Crippen LogP contribution is -2.08. The number of benzene rings is 2. The highest BCUT2D eigenvalue weighted by Crippen LogP contribution is 2.26. The molecule has 0 unspecified atom stereocenters. The summed E-state index contributed by atoms with van der Waals surface area (Å²) >= 11 is 0. The maximum Gasteiger partial charge on any atom is 0.419 e. The zero-order valence-corrected chi connectivity index (χ0v) is 11.7. The summed E-state index contributed by atoms with van der Waals surface area (Å²) in [5, 5.41) is 0. The first kappa shape index (κ1) is 12.0. The molecule has 4 aromatic rings. The molecule has 2 aromatic heterocycles. The second kappa shape index (κ2) is 4.09. The predicted molar refractivity (Wildman–Crippen MR) is 81.2 cm³/mol. The molecule has 21 heavy (non-hydrogen) atoms. The van der Waals surface area contributed by atoms with E-state index in [1.807, 2.05) is 49.5 Å². The summed E-state index contributed by atoms with van der Waals surface area (Å²) in [6.07, 6.45) is 0. The third-order valence-corrected chi connectivity index (χ3v) is 3.84. The van der Waals surface area contributed by atoms with Crippen molar-refractivity contribution in [3.05, 3.63) is 53.0 Å². The van der Waals surface area contributed by atoms with E-state index in [0.29, 0.717) is 5.58 Å². The van der Waals surface area contributed by atoms with Crippen LogP contribution in [0.1, 0.15) is 0 Å². The molecule has 0 amide bonds. The van der Waals surface area contributed by atoms with Gasteiger partial charge in [-0.2, -0.15) is 0 Å². The van der Waals surface area contributed by atoms with Crippen molar-refractivity contribution in [1.82, 2.24) is 14.1 Å². The summed E-state index contributed by atoms with van der Waals surface area (Å²) in [5.41, 5.74) is 4.34. The SMILES string of the molecule is Cn1c(-c2ccc3oc(=O)n(C)c3c2)nc2ccccc21. The fraction of sp³-hybridized carbons (Fsp3) is 0.125. The number of imidazole rings is 1. The Labute approximate surface area is 120 Å². The smallest absolute Gasteiger partial charge is 0.408 e. The molecule has 0 aliphatic heterocycles. The minimum atomic E-state index is -0.354. The largest absolute Gasteiger partial charge is 0.419 e. The highest BCUT2D eigenvalue weighted by atomic mass is 16.4. The normalized spacial score (nSPS) is 11.5. The van der Waals surface area contributed by atoms with Gasteiger partial charge >= 0.3 is 5.76 Å². The minimum absolute atomic E-state index is 0.354. The number of hydrogen-bond donors (Lipinski definition) is 0. The molecule has 0 spiro atoms. The van der Waals surface area contributed by atoms with E-state index in [1.54, 1.807) is 7.05 Å². The van der Waals surface area contributed by atoms with Gasteiger partial charge in [-0.3, -0.25) is 4.57 Å². The third kappa shape index (κ3) is 1.64. The number of rotatable bonds is 1. The predicted octanol–water partition coefficient (Wildman–Crippen LogP) is 2.69. The van der Waals surface area contributed by atoms with Crippen LogP contribution >= 0.6 is 0 Å². The van der Waals surface area contributed by atoms with E-state index in [0.717, 1.165) is 27.9 Å². The Balaban J connectivity index is 2.01. The topological polar surface area (TPSA) is 53.0 Å². The van der Waals surface area contributed by atoms with Gasteiger partial charge < -0.3 is 8.98 Å². The molecule has 0 aliphatic rings. The van der Waals surface area contributed by atoms with Crippen molar-refractivity contribution < 1.29 is 4.42 Å². The first-order valence-electron chi connectivity index (χ1n) is 6.66. The Kier molecular flexibility index (Phi) is 2.33. The van der Waals surface area contributed by atoms with Crippen LogP contribution in [0.25, 0.3) is 33.5 Å². The molecule has 0 N–H and O–H groups in total. The zero-order chi connectivity index (χ0) is 14.6. The lowest BCUT2D eigenvalue weighted by atomic mass is 10.2. The molecular weight excluding hydrogens is 266 g/mol. The van der Waals surface area contributed by atoms with Crippen LogP contribution in [0.2, 0.25) is 0 Å². The van der Waals surface area contributed by atoms with Gasteiger partial charge in [0, 0.05) is 19.7 Å². The molecule has 2 heterocycles. The molecule has 104 valence electrons. The second-order valence-corrected chi connectivity index (χ2v) is 5.09. The number of oxazole rings is 1. The van der Waals surface area contributed by atoms with Gasteiger partial charge in [-0.25, -0.2) is 9.78 Å². The number of hydrogen-bond acceptors (Lipinski definition) is 3. The number of aryl methyl sites for hydroxylation is 2. The van der Waals surface area contributed by atoms with Crippen molar-refractivity contribution in [3.8, 4) is 11.4 Å². The van der Waals surface area contributed by atoms with Crippen LogP contribution in [0.5, 0.6) is 0 Å². The molecule has 5 heteroatoms. The minimum Gasteiger partial charge on any atom is -0.408 e. The van der Waals surface area contributed by atoms with Gasteiger partial charge in [-0.1, -0.05) is 12.1 Å². The molecule has 0 atom stereocenters. The van der Waals surface area contributed by atoms with Crippen molar-refractivity contribution in [2.75, 3.05) is 0 Å². The first-order valence-corrected chi connectivity index (χ1v) is 6.66. The van der Waals surface area contributed by atoms with Crippen LogP contribution in [-0.2, 0) is 14.1 Å². The van der Waals surface area contributed by atoms with Crippen LogP contribution in [0.15, 0.2) is 51.7 Å². The highest BCUT2D eigenvalue weighted by Gasteiger charge is 2.12. The maximum absolute atomic E-state index is 11.6. The van der Waals surface area contributed by atoms with Crippen molar-refractivity contribution in [2.45, 2.75) is 0 Å². The summed E-state index contributed by atoms with van der Waals surface area (Å²) < 4.78 is 8.71. The van der Waals surface area contributed by atoms with Crippen LogP contribution in [0.4, 0.5) is 0 Å². The van der Waals surface area contributed by atoms with E-state index in [9.17, 15) is 4.79 Å². The average molecular weight is 279 g/mol. The first-order chi connectivity index (χ1) is 10.1. The maximum atomic E-state index is 11.6. The Morgan fingerprint density at radius 2 is 1.81 bits per heavy atom. The van der Waals surface area contributed by atoms with Crippen LogP contribution in [-0.4, -0.2) is 14.1 Å². The lowest BCUT2D eigenvalue weighted by molar-refractivity contribution is 0.528. The van der Waals surface area contributed by atoms with Crippen molar-refractivity contribution in [1.29, 1.82) is 0 Å². The van der Waals surface area contributed by atoms with E-state index in [2.05, 4.69) is 9.55 Å². The van der Waals surface area contributed by atoms with Crippen molar-refractivity contribution in [2.24, 2.45) is 14.1 Å². The Morgan fingerprint density at radius 3 is 2.62 bits per heavy atom. The molecular formula is C16H13N3O2. The van der Waals surface area contributed by atoms with Crippen molar-refractivity contribution >= 4 is 22.1 Å². The van der Waals surface area contributed by atoms with E-state index in [1.165, 1.54) is 4.57 Å². The number of para-hydroxylation sites is 2. The fourth-order valence-corrected chi connectivity index (χ4v) is 2.67. The number of nitrogens with zero attached hydrogens (tertiary/aromatic N) is 3. The molecule has 0 radical (unpaired) electrons. The fourth-order valence-electron chi connectivity index (χ4n) is 2.67. The Morgan fingerprint density at radius 1 is 1.00 bits per heavy atom. The molecule has 0 aliphatic carbocycles. The molecule has 0 bridgehead atoms. The standard InChI is InChI=1S/C16H13N3O2/c1-18-12-6-4-3-5-11(12)17-15(18)10-7-8-14-13(9-10)19(2)16(20)21-14/h3-9H,1-2H3. The zero-order valence-electron chi connectivity index (χ0n) is 11.7. The van der Waals surface area contributed by atoms with Crippen molar-refractivity contribution in [3.63, 3.8) is 0 Å². The Hall–Kier alpha value is -2.82. The van der Waals surface area contributed by atoms with Gasteiger partial charge in [0.2, 0.25) is 0 Å². The van der Waals surface area contributed by atoms with Gasteiger partial charge in [0.1, 0.15) is 5.82 Å². The van der Waals surface area contributed by atoms with Gasteiger partial charge in [-0.05, 0) is 30.3 Å². The molecule has 5 nitrogen and oxygen atoms in total. The Bertz CT molecular complexity index is 1040. The van der Waals surface area contributed by atoms with Gasteiger partial charge in [0.15, 0.2) is 5.58 Å². The molecule has 0 fully saturated rings. The summed E-state index contributed by atoms with van der Waals surface area (Å²) in [4.78, 5) is 16.2. The van der Waals surface area contributed by atoms with Gasteiger partial charge in [0.25, 0.3) is 0 Å². The van der Waals surface area contributed by atoms with E-state index in [-0.39, 0.29) is 5.76 Å². The van der Waals surface area contributed by atoms with Crippen LogP contribution in [0.3, 0.4) is 0 Å². The number of aromatic nitrogens is 3. The number of fused-ring (bicyclic) bond motifs is 2. The molecule has 0 saturated heterocycles. The molecule has 0 saturated carbocycles. The summed E-state index contributed by atoms with van der Waals surface area (Å²) in [6, 6.07) is 13.7. The lowest BCUT2D eigenvalue weighted by Gasteiger charge is -2.02. The van der Waals surface area contributed by atoms with E-state index in [4.69, 9.17) is 4.42 Å². The highest BCUT2D eigenvalue weighted by molar-refractivity contribution is 5.84. The van der Waals surface area contributed by atoms with Gasteiger partial charge in [0.05, 0.1) is 16.6 Å². The third-order valence-electron chi connectivity index (χ3n) is 3.84. The monoisotopic (exact) mass is 279 g/mol. The van der Waals surface area contributed by atoms with Crippen LogP contribution < -0.4 is 5.76 Å². The average Bonchev–Trinajstić information content (AvgIpc) is 2.98. The summed E-state index contributed by atoms with van der Waals surface area (Å²) in [6.45, 7) is 0.